The van der Waals surface area contributed by atoms with E-state index in [9.17, 15) is 9.59 Å². The van der Waals surface area contributed by atoms with Gasteiger partial charge in [0.1, 0.15) is 31.0 Å². The number of hydrogen-bond acceptors (Lipinski definition) is 9. The predicted molar refractivity (Wildman–Crippen MR) is 75.7 cm³/mol. The Hall–Kier alpha value is -1.14. The lowest BCUT2D eigenvalue weighted by Crippen LogP contribution is -2.44. The van der Waals surface area contributed by atoms with Gasteiger partial charge in [-0.2, -0.15) is 0 Å². The monoisotopic (exact) mass is 326 g/mol. The van der Waals surface area contributed by atoms with Gasteiger partial charge >= 0.3 is 5.97 Å². The van der Waals surface area contributed by atoms with Gasteiger partial charge in [-0.05, 0) is 19.4 Å². The summed E-state index contributed by atoms with van der Waals surface area (Å²) in [6.07, 6.45) is -3.06. The molecule has 10 nitrogen and oxygen atoms in total. The van der Waals surface area contributed by atoms with E-state index in [-0.39, 0.29) is 0 Å². The maximum absolute atomic E-state index is 10.5. The number of hydrogen-bond donors (Lipinski definition) is 8. The first-order valence-corrected chi connectivity index (χ1v) is 6.69. The van der Waals surface area contributed by atoms with Gasteiger partial charge in [0.05, 0.1) is 6.61 Å². The van der Waals surface area contributed by atoms with Crippen LogP contribution in [0.2, 0.25) is 0 Å². The van der Waals surface area contributed by atoms with E-state index in [0.717, 1.165) is 12.8 Å². The number of nitrogens with two attached hydrogens (primary N) is 2. The van der Waals surface area contributed by atoms with Gasteiger partial charge in [-0.25, -0.2) is 0 Å². The number of ketones is 1. The van der Waals surface area contributed by atoms with Crippen molar-refractivity contribution in [1.82, 2.24) is 0 Å². The maximum Gasteiger partial charge on any atom is 0.320 e. The van der Waals surface area contributed by atoms with E-state index < -0.39 is 49.3 Å². The molecule has 0 saturated heterocycles. The fourth-order valence-corrected chi connectivity index (χ4v) is 1.23. The number of Topliss-reactive ketones (excluding diaryl/α,β-unsaturated/α-hetero) is 1. The van der Waals surface area contributed by atoms with Crippen LogP contribution >= 0.6 is 0 Å². The second-order valence-electron chi connectivity index (χ2n) is 4.54. The van der Waals surface area contributed by atoms with Crippen LogP contribution in [0.3, 0.4) is 0 Å². The molecule has 0 rings (SSSR count). The lowest BCUT2D eigenvalue weighted by Gasteiger charge is -2.19. The molecule has 0 saturated carbocycles. The van der Waals surface area contributed by atoms with Crippen LogP contribution in [0.5, 0.6) is 0 Å². The first-order valence-electron chi connectivity index (χ1n) is 6.69. The van der Waals surface area contributed by atoms with Crippen LogP contribution in [0.15, 0.2) is 0 Å². The molecular weight excluding hydrogens is 300 g/mol. The van der Waals surface area contributed by atoms with Crippen LogP contribution < -0.4 is 11.5 Å². The number of aliphatic hydroxyl groups is 5. The summed E-state index contributed by atoms with van der Waals surface area (Å²) < 4.78 is 0. The lowest BCUT2D eigenvalue weighted by molar-refractivity contribution is -0.142. The molecule has 0 amide bonds. The van der Waals surface area contributed by atoms with Crippen molar-refractivity contribution in [3.8, 4) is 0 Å². The first kappa shape index (κ1) is 23.1. The number of carboxylic acid groups (broad SMARTS) is 1. The minimum atomic E-state index is -1.86. The Bertz CT molecular complexity index is 316. The fraction of sp³-hybridized carbons (Fsp3) is 0.833. The molecule has 0 aromatic carbocycles. The van der Waals surface area contributed by atoms with Crippen LogP contribution in [0.4, 0.5) is 0 Å². The van der Waals surface area contributed by atoms with Crippen molar-refractivity contribution < 1.29 is 40.2 Å². The molecule has 0 aliphatic carbocycles. The van der Waals surface area contributed by atoms with Crippen molar-refractivity contribution in [2.45, 2.75) is 43.6 Å². The lowest BCUT2D eigenvalue weighted by atomic mass is 10.1. The molecule has 10 N–H and O–H groups in total. The molecule has 0 aromatic rings. The van der Waals surface area contributed by atoms with E-state index in [1.807, 2.05) is 0 Å². The van der Waals surface area contributed by atoms with Crippen LogP contribution in [-0.2, 0) is 9.59 Å². The molecule has 0 fully saturated rings. The summed E-state index contributed by atoms with van der Waals surface area (Å²) in [5, 5.41) is 51.4. The van der Waals surface area contributed by atoms with E-state index in [0.29, 0.717) is 13.0 Å². The average Bonchev–Trinajstić information content (AvgIpc) is 2.52. The zero-order chi connectivity index (χ0) is 17.7. The van der Waals surface area contributed by atoms with Crippen molar-refractivity contribution >= 4 is 11.8 Å². The quantitative estimate of drug-likeness (QED) is 0.183. The number of carbonyl (C=O) groups is 2. The van der Waals surface area contributed by atoms with Gasteiger partial charge in [-0.3, -0.25) is 9.59 Å². The smallest absolute Gasteiger partial charge is 0.320 e. The van der Waals surface area contributed by atoms with Crippen molar-refractivity contribution in [2.75, 3.05) is 19.8 Å². The maximum atomic E-state index is 10.5. The number of carboxylic acids is 1. The second-order valence-corrected chi connectivity index (χ2v) is 4.54. The molecule has 4 atom stereocenters. The summed E-state index contributed by atoms with van der Waals surface area (Å²) in [6.45, 7) is -1.08. The number of aliphatic carboxylic acids is 1. The molecule has 0 aromatic heterocycles. The first-order chi connectivity index (χ1) is 10.2. The van der Waals surface area contributed by atoms with E-state index in [4.69, 9.17) is 42.1 Å². The number of rotatable bonds is 10. The SMILES string of the molecule is NCCCC[C@H](N)C(=O)O.O=C(CO)[C@@H](O)[C@H](O)[C@H](O)CO. The Labute approximate surface area is 128 Å². The molecule has 0 spiro atoms. The fourth-order valence-electron chi connectivity index (χ4n) is 1.23. The van der Waals surface area contributed by atoms with Crippen LogP contribution in [0, 0.1) is 0 Å². The third-order valence-electron chi connectivity index (χ3n) is 2.68. The summed E-state index contributed by atoms with van der Waals surface area (Å²) >= 11 is 0. The van der Waals surface area contributed by atoms with Crippen molar-refractivity contribution in [2.24, 2.45) is 11.5 Å². The zero-order valence-corrected chi connectivity index (χ0v) is 12.2. The highest BCUT2D eigenvalue weighted by molar-refractivity contribution is 5.84. The van der Waals surface area contributed by atoms with Gasteiger partial charge in [0.15, 0.2) is 5.78 Å². The number of carbonyl (C=O) groups excluding carboxylic acids is 1. The van der Waals surface area contributed by atoms with Crippen molar-refractivity contribution in [3.05, 3.63) is 0 Å². The van der Waals surface area contributed by atoms with Gasteiger partial charge in [-0.15, -0.1) is 0 Å². The molecule has 0 heterocycles. The molecule has 0 radical (unpaired) electrons. The highest BCUT2D eigenvalue weighted by Gasteiger charge is 2.28. The number of aliphatic hydroxyl groups excluding tert-OH is 5. The Balaban J connectivity index is 0. The average molecular weight is 326 g/mol. The standard InChI is InChI=1S/C6H14N2O2.C6H12O6/c7-4-2-1-3-5(8)6(9)10;7-1-3(9)5(11)6(12)4(10)2-8/h5H,1-4,7-8H2,(H,9,10);3,5-9,11-12H,1-2H2/t5-;3-,5-,6-/m01/s1. The summed E-state index contributed by atoms with van der Waals surface area (Å²) in [4.78, 5) is 20.7. The Kier molecular flexibility index (Phi) is 14.2. The molecule has 0 aliphatic heterocycles. The third-order valence-corrected chi connectivity index (χ3v) is 2.68. The summed E-state index contributed by atoms with van der Waals surface area (Å²) in [5.41, 5.74) is 10.4. The zero-order valence-electron chi connectivity index (χ0n) is 12.2. The molecule has 0 aliphatic rings. The van der Waals surface area contributed by atoms with Gasteiger partial charge < -0.3 is 42.1 Å². The van der Waals surface area contributed by atoms with E-state index in [1.54, 1.807) is 0 Å². The topological polar surface area (TPSA) is 208 Å². The molecular formula is C12H26N2O8. The largest absolute Gasteiger partial charge is 0.480 e. The Morgan fingerprint density at radius 1 is 1.05 bits per heavy atom. The molecule has 22 heavy (non-hydrogen) atoms. The van der Waals surface area contributed by atoms with Crippen LogP contribution in [0.25, 0.3) is 0 Å². The molecule has 0 bridgehead atoms. The predicted octanol–water partition coefficient (Wildman–Crippen LogP) is -3.85. The van der Waals surface area contributed by atoms with Crippen molar-refractivity contribution in [3.63, 3.8) is 0 Å². The Morgan fingerprint density at radius 3 is 1.95 bits per heavy atom. The van der Waals surface area contributed by atoms with Gasteiger partial charge in [0.25, 0.3) is 0 Å². The van der Waals surface area contributed by atoms with Crippen LogP contribution in [-0.4, -0.2) is 86.5 Å². The molecule has 10 heteroatoms. The summed E-state index contributed by atoms with van der Waals surface area (Å²) in [6, 6.07) is -0.716. The molecule has 132 valence electrons. The molecule has 0 unspecified atom stereocenters. The van der Waals surface area contributed by atoms with Crippen LogP contribution in [0.1, 0.15) is 19.3 Å². The second kappa shape index (κ2) is 13.5. The Morgan fingerprint density at radius 2 is 1.59 bits per heavy atom. The third kappa shape index (κ3) is 10.6. The minimum Gasteiger partial charge on any atom is -0.480 e. The van der Waals surface area contributed by atoms with Gasteiger partial charge in [0, 0.05) is 0 Å². The van der Waals surface area contributed by atoms with E-state index in [2.05, 4.69) is 0 Å². The normalized spacial score (nSPS) is 16.0. The van der Waals surface area contributed by atoms with Gasteiger partial charge in [-0.1, -0.05) is 6.42 Å². The summed E-state index contributed by atoms with van der Waals surface area (Å²) in [7, 11) is 0. The van der Waals surface area contributed by atoms with Crippen molar-refractivity contribution in [1.29, 1.82) is 0 Å². The number of unbranched alkanes of at least 4 members (excludes halogenated alkanes) is 1. The van der Waals surface area contributed by atoms with Gasteiger partial charge in [0.2, 0.25) is 0 Å². The highest BCUT2D eigenvalue weighted by Crippen LogP contribution is 2.00. The van der Waals surface area contributed by atoms with E-state index >= 15 is 0 Å². The minimum absolute atomic E-state index is 0.520. The highest BCUT2D eigenvalue weighted by atomic mass is 16.4. The van der Waals surface area contributed by atoms with E-state index in [1.165, 1.54) is 0 Å². The summed E-state index contributed by atoms with van der Waals surface area (Å²) in [5.74, 6) is -1.94.